The van der Waals surface area contributed by atoms with Crippen LogP contribution in [0.15, 0.2) is 24.3 Å². The zero-order valence-corrected chi connectivity index (χ0v) is 41.1. The molecule has 61 heavy (non-hydrogen) atoms. The molecule has 0 aromatic heterocycles. The highest BCUT2D eigenvalue weighted by Crippen LogP contribution is 2.18. The maximum atomic E-state index is 13.2. The van der Waals surface area contributed by atoms with Gasteiger partial charge in [-0.2, -0.15) is 0 Å². The average Bonchev–Trinajstić information content (AvgIpc) is 3.25. The minimum atomic E-state index is -0.786. The number of aliphatic hydroxyl groups excluding tert-OH is 2. The Balaban J connectivity index is 4.43. The molecule has 3 unspecified atom stereocenters. The van der Waals surface area contributed by atoms with Crippen LogP contribution < -0.4 is 5.32 Å². The number of esters is 1. The van der Waals surface area contributed by atoms with Gasteiger partial charge in [0.1, 0.15) is 6.10 Å². The number of nitrogens with one attached hydrogen (secondary N) is 1. The third-order valence-corrected chi connectivity index (χ3v) is 12.6. The van der Waals surface area contributed by atoms with Crippen molar-refractivity contribution in [3.05, 3.63) is 24.3 Å². The molecule has 6 heteroatoms. The van der Waals surface area contributed by atoms with Crippen LogP contribution in [0.2, 0.25) is 0 Å². The lowest BCUT2D eigenvalue weighted by molar-refractivity contribution is -0.151. The molecule has 3 atom stereocenters. The summed E-state index contributed by atoms with van der Waals surface area (Å²) in [5.74, 6) is -0.479. The number of aliphatic hydroxyl groups is 2. The Morgan fingerprint density at radius 3 is 1.21 bits per heavy atom. The van der Waals surface area contributed by atoms with Gasteiger partial charge in [0.25, 0.3) is 0 Å². The summed E-state index contributed by atoms with van der Waals surface area (Å²) in [4.78, 5) is 26.1. The van der Waals surface area contributed by atoms with Crippen molar-refractivity contribution in [2.45, 2.75) is 309 Å². The van der Waals surface area contributed by atoms with Crippen molar-refractivity contribution < 1.29 is 24.5 Å². The first kappa shape index (κ1) is 59.3. The lowest BCUT2D eigenvalue weighted by Crippen LogP contribution is -2.46. The highest BCUT2D eigenvalue weighted by atomic mass is 16.5. The van der Waals surface area contributed by atoms with Gasteiger partial charge in [0.05, 0.1) is 25.2 Å². The van der Waals surface area contributed by atoms with Crippen LogP contribution in [0.25, 0.3) is 0 Å². The fourth-order valence-corrected chi connectivity index (χ4v) is 8.42. The van der Waals surface area contributed by atoms with Crippen LogP contribution in [0.5, 0.6) is 0 Å². The molecule has 0 rings (SSSR count). The van der Waals surface area contributed by atoms with Crippen molar-refractivity contribution in [1.82, 2.24) is 5.32 Å². The second kappa shape index (κ2) is 49.4. The standard InChI is InChI=1S/C55H105NO5/c1-4-7-10-13-16-19-21-23-25-26-27-29-31-33-36-39-42-45-48-55(60)61-51(46-43-40-37-34-18-15-12-9-6-3)49-54(59)56-52(50-57)53(58)47-44-41-38-35-32-30-28-24-22-20-17-14-11-8-5-2/h25-27,29,51-53,57-58H,4-24,28,30-50H2,1-3H3,(H,56,59)/b26-25+,29-27+. The molecule has 0 bridgehead atoms. The van der Waals surface area contributed by atoms with Gasteiger partial charge in [0.2, 0.25) is 5.91 Å². The van der Waals surface area contributed by atoms with Crippen LogP contribution in [0, 0.1) is 0 Å². The summed E-state index contributed by atoms with van der Waals surface area (Å²) in [5, 5.41) is 23.8. The molecule has 6 nitrogen and oxygen atoms in total. The Morgan fingerprint density at radius 2 is 0.820 bits per heavy atom. The lowest BCUT2D eigenvalue weighted by Gasteiger charge is -2.24. The Kier molecular flexibility index (Phi) is 48.0. The summed E-state index contributed by atoms with van der Waals surface area (Å²) in [6, 6.07) is -0.699. The maximum absolute atomic E-state index is 13.2. The molecule has 0 aliphatic heterocycles. The molecule has 1 amide bonds. The molecule has 0 aliphatic carbocycles. The van der Waals surface area contributed by atoms with Crippen molar-refractivity contribution in [2.75, 3.05) is 6.61 Å². The van der Waals surface area contributed by atoms with Crippen LogP contribution in [0.4, 0.5) is 0 Å². The van der Waals surface area contributed by atoms with E-state index in [9.17, 15) is 19.8 Å². The number of allylic oxidation sites excluding steroid dienone is 4. The van der Waals surface area contributed by atoms with Crippen LogP contribution in [0.3, 0.4) is 0 Å². The monoisotopic (exact) mass is 860 g/mol. The topological polar surface area (TPSA) is 95.9 Å². The van der Waals surface area contributed by atoms with Crippen molar-refractivity contribution in [3.63, 3.8) is 0 Å². The molecule has 360 valence electrons. The quantitative estimate of drug-likeness (QED) is 0.0322. The number of carbonyl (C=O) groups is 2. The van der Waals surface area contributed by atoms with Crippen molar-refractivity contribution >= 4 is 11.9 Å². The summed E-state index contributed by atoms with van der Waals surface area (Å²) in [6.07, 6.45) is 56.7. The summed E-state index contributed by atoms with van der Waals surface area (Å²) in [5.41, 5.74) is 0. The molecule has 0 saturated heterocycles. The Bertz CT molecular complexity index is 966. The Morgan fingerprint density at radius 1 is 0.475 bits per heavy atom. The fraction of sp³-hybridized carbons (Fsp3) is 0.891. The van der Waals surface area contributed by atoms with E-state index in [-0.39, 0.29) is 24.9 Å². The second-order valence-corrected chi connectivity index (χ2v) is 18.7. The number of hydrogen-bond donors (Lipinski definition) is 3. The second-order valence-electron chi connectivity index (χ2n) is 18.7. The number of carbonyl (C=O) groups excluding carboxylic acids is 2. The van der Waals surface area contributed by atoms with Crippen LogP contribution >= 0.6 is 0 Å². The van der Waals surface area contributed by atoms with Gasteiger partial charge in [-0.3, -0.25) is 9.59 Å². The van der Waals surface area contributed by atoms with Crippen LogP contribution in [0.1, 0.15) is 290 Å². The van der Waals surface area contributed by atoms with Gasteiger partial charge < -0.3 is 20.3 Å². The predicted octanol–water partition coefficient (Wildman–Crippen LogP) is 16.3. The van der Waals surface area contributed by atoms with E-state index in [1.54, 1.807) is 0 Å². The Labute approximate surface area is 380 Å². The van der Waals surface area contributed by atoms with Gasteiger partial charge in [-0.25, -0.2) is 0 Å². The molecule has 0 aliphatic rings. The molecular weight excluding hydrogens is 755 g/mol. The van der Waals surface area contributed by atoms with E-state index in [0.29, 0.717) is 19.3 Å². The smallest absolute Gasteiger partial charge is 0.306 e. The number of hydrogen-bond acceptors (Lipinski definition) is 5. The summed E-state index contributed by atoms with van der Waals surface area (Å²) < 4.78 is 5.92. The van der Waals surface area contributed by atoms with Crippen molar-refractivity contribution in [1.29, 1.82) is 0 Å². The van der Waals surface area contributed by atoms with Crippen LogP contribution in [-0.2, 0) is 14.3 Å². The number of ether oxygens (including phenoxy) is 1. The van der Waals surface area contributed by atoms with Gasteiger partial charge >= 0.3 is 5.97 Å². The van der Waals surface area contributed by atoms with E-state index >= 15 is 0 Å². The largest absolute Gasteiger partial charge is 0.462 e. The summed E-state index contributed by atoms with van der Waals surface area (Å²) in [6.45, 7) is 6.49. The molecule has 3 N–H and O–H groups in total. The lowest BCUT2D eigenvalue weighted by atomic mass is 10.0. The number of unbranched alkanes of at least 4 members (excludes halogenated alkanes) is 34. The van der Waals surface area contributed by atoms with Crippen molar-refractivity contribution in [3.8, 4) is 0 Å². The zero-order valence-electron chi connectivity index (χ0n) is 41.1. The van der Waals surface area contributed by atoms with E-state index in [1.807, 2.05) is 0 Å². The maximum Gasteiger partial charge on any atom is 0.306 e. The van der Waals surface area contributed by atoms with Gasteiger partial charge in [0.15, 0.2) is 0 Å². The number of rotatable bonds is 49. The Hall–Kier alpha value is -1.66. The highest BCUT2D eigenvalue weighted by molar-refractivity contribution is 5.77. The molecule has 0 radical (unpaired) electrons. The first-order valence-electron chi connectivity index (χ1n) is 27.1. The predicted molar refractivity (Wildman–Crippen MR) is 264 cm³/mol. The molecular formula is C55H105NO5. The minimum absolute atomic E-state index is 0.0762. The third-order valence-electron chi connectivity index (χ3n) is 12.6. The van der Waals surface area contributed by atoms with Crippen molar-refractivity contribution in [2.24, 2.45) is 0 Å². The third kappa shape index (κ3) is 44.7. The normalized spacial score (nSPS) is 13.3. The number of amides is 1. The minimum Gasteiger partial charge on any atom is -0.462 e. The van der Waals surface area contributed by atoms with E-state index in [4.69, 9.17) is 4.74 Å². The molecule has 0 heterocycles. The van der Waals surface area contributed by atoms with E-state index in [2.05, 4.69) is 50.4 Å². The van der Waals surface area contributed by atoms with E-state index in [1.165, 1.54) is 193 Å². The molecule has 0 fully saturated rings. The molecule has 0 spiro atoms. The average molecular weight is 860 g/mol. The van der Waals surface area contributed by atoms with E-state index in [0.717, 1.165) is 51.4 Å². The summed E-state index contributed by atoms with van der Waals surface area (Å²) >= 11 is 0. The van der Waals surface area contributed by atoms with Gasteiger partial charge in [-0.1, -0.05) is 251 Å². The highest BCUT2D eigenvalue weighted by Gasteiger charge is 2.24. The van der Waals surface area contributed by atoms with E-state index < -0.39 is 18.2 Å². The molecule has 0 aromatic carbocycles. The first-order chi connectivity index (χ1) is 30.0. The molecule has 0 aromatic rings. The van der Waals surface area contributed by atoms with Gasteiger partial charge in [0, 0.05) is 6.42 Å². The fourth-order valence-electron chi connectivity index (χ4n) is 8.42. The van der Waals surface area contributed by atoms with Gasteiger partial charge in [-0.05, 0) is 51.4 Å². The first-order valence-corrected chi connectivity index (χ1v) is 27.1. The zero-order chi connectivity index (χ0) is 44.5. The van der Waals surface area contributed by atoms with Crippen LogP contribution in [-0.4, -0.2) is 46.9 Å². The SMILES string of the molecule is CCCCCCCCC/C=C/C=C/CCCCCCCC(=O)OC(CCCCCCCCCCC)CC(=O)NC(CO)C(O)CCCCCCCCCCCCCCCCC. The summed E-state index contributed by atoms with van der Waals surface area (Å²) in [7, 11) is 0. The van der Waals surface area contributed by atoms with Gasteiger partial charge in [-0.15, -0.1) is 0 Å². The molecule has 0 saturated carbocycles.